The Morgan fingerprint density at radius 1 is 1.43 bits per heavy atom. The second-order valence-corrected chi connectivity index (χ2v) is 4.40. The molecule has 0 aliphatic rings. The fourth-order valence-corrected chi connectivity index (χ4v) is 2.22. The fourth-order valence-electron chi connectivity index (χ4n) is 2.22. The van der Waals surface area contributed by atoms with E-state index in [1.807, 2.05) is 11.5 Å². The second-order valence-electron chi connectivity index (χ2n) is 4.40. The molecular formula is C12H11FN6O2. The zero-order valence-corrected chi connectivity index (χ0v) is 11.1. The summed E-state index contributed by atoms with van der Waals surface area (Å²) < 4.78 is 16.5. The van der Waals surface area contributed by atoms with Crippen molar-refractivity contribution in [1.82, 2.24) is 24.3 Å². The van der Waals surface area contributed by atoms with Gasteiger partial charge in [-0.25, -0.2) is 9.37 Å². The van der Waals surface area contributed by atoms with Crippen LogP contribution in [0.5, 0.6) is 0 Å². The minimum atomic E-state index is -0.658. The van der Waals surface area contributed by atoms with Crippen molar-refractivity contribution >= 4 is 17.0 Å². The molecule has 3 aromatic rings. The Labute approximate surface area is 118 Å². The molecule has 0 amide bonds. The van der Waals surface area contributed by atoms with Crippen LogP contribution >= 0.6 is 0 Å². The van der Waals surface area contributed by atoms with Crippen molar-refractivity contribution in [2.24, 2.45) is 0 Å². The summed E-state index contributed by atoms with van der Waals surface area (Å²) in [5.41, 5.74) is 1.35. The van der Waals surface area contributed by atoms with Gasteiger partial charge in [0.2, 0.25) is 6.33 Å². The first-order chi connectivity index (χ1) is 10.1. The average molecular weight is 290 g/mol. The molecule has 0 unspecified atom stereocenters. The van der Waals surface area contributed by atoms with E-state index in [0.29, 0.717) is 17.9 Å². The van der Waals surface area contributed by atoms with Gasteiger partial charge in [0.05, 0.1) is 11.0 Å². The van der Waals surface area contributed by atoms with Crippen molar-refractivity contribution < 1.29 is 9.31 Å². The van der Waals surface area contributed by atoms with Crippen LogP contribution in [0.4, 0.5) is 10.3 Å². The summed E-state index contributed by atoms with van der Waals surface area (Å²) in [6, 6.07) is 4.39. The van der Waals surface area contributed by atoms with E-state index in [4.69, 9.17) is 0 Å². The maximum absolute atomic E-state index is 13.2. The van der Waals surface area contributed by atoms with Crippen LogP contribution in [0, 0.1) is 15.9 Å². The molecule has 0 atom stereocenters. The van der Waals surface area contributed by atoms with Crippen LogP contribution in [0.1, 0.15) is 12.7 Å². The Bertz CT molecular complexity index is 824. The molecule has 8 nitrogen and oxygen atoms in total. The molecule has 21 heavy (non-hydrogen) atoms. The minimum Gasteiger partial charge on any atom is -0.390 e. The van der Waals surface area contributed by atoms with Gasteiger partial charge in [-0.1, -0.05) is 4.98 Å². The highest BCUT2D eigenvalue weighted by Crippen LogP contribution is 2.18. The monoisotopic (exact) mass is 290 g/mol. The van der Waals surface area contributed by atoms with Gasteiger partial charge in [-0.05, 0) is 24.0 Å². The Balaban J connectivity index is 2.00. The molecule has 0 saturated carbocycles. The fraction of sp³-hybridized carbons (Fsp3) is 0.250. The molecule has 0 spiro atoms. The Morgan fingerprint density at radius 2 is 2.24 bits per heavy atom. The van der Waals surface area contributed by atoms with Crippen LogP contribution < -0.4 is 0 Å². The van der Waals surface area contributed by atoms with Crippen LogP contribution in [0.3, 0.4) is 0 Å². The first kappa shape index (κ1) is 13.2. The maximum atomic E-state index is 13.2. The smallest absolute Gasteiger partial charge is 0.390 e. The highest BCUT2D eigenvalue weighted by Gasteiger charge is 2.16. The SMILES string of the molecule is CCn1c(Cn2cnc([N+](=O)[O-])n2)nc2cc(F)ccc21. The molecule has 0 radical (unpaired) electrons. The molecule has 108 valence electrons. The zero-order chi connectivity index (χ0) is 15.0. The van der Waals surface area contributed by atoms with Gasteiger partial charge >= 0.3 is 5.95 Å². The van der Waals surface area contributed by atoms with Crippen LogP contribution in [-0.2, 0) is 13.1 Å². The van der Waals surface area contributed by atoms with Crippen molar-refractivity contribution in [2.45, 2.75) is 20.0 Å². The summed E-state index contributed by atoms with van der Waals surface area (Å²) in [6.07, 6.45) is 1.28. The molecule has 0 aliphatic heterocycles. The first-order valence-corrected chi connectivity index (χ1v) is 6.27. The van der Waals surface area contributed by atoms with Gasteiger partial charge in [0.15, 0.2) is 0 Å². The Hall–Kier alpha value is -2.84. The van der Waals surface area contributed by atoms with Crippen LogP contribution in [-0.4, -0.2) is 29.2 Å². The predicted octanol–water partition coefficient (Wildman–Crippen LogP) is 1.74. The first-order valence-electron chi connectivity index (χ1n) is 6.27. The van der Waals surface area contributed by atoms with E-state index in [1.165, 1.54) is 23.1 Å². The lowest BCUT2D eigenvalue weighted by molar-refractivity contribution is -0.394. The maximum Gasteiger partial charge on any atom is 0.490 e. The van der Waals surface area contributed by atoms with Crippen molar-refractivity contribution in [1.29, 1.82) is 0 Å². The van der Waals surface area contributed by atoms with Crippen molar-refractivity contribution in [3.8, 4) is 0 Å². The number of nitro groups is 1. The molecule has 0 aliphatic carbocycles. The van der Waals surface area contributed by atoms with E-state index in [-0.39, 0.29) is 12.4 Å². The van der Waals surface area contributed by atoms with E-state index < -0.39 is 10.9 Å². The third-order valence-corrected chi connectivity index (χ3v) is 3.10. The lowest BCUT2D eigenvalue weighted by Gasteiger charge is -2.04. The number of halogens is 1. The molecule has 1 aromatic carbocycles. The molecular weight excluding hydrogens is 279 g/mol. The van der Waals surface area contributed by atoms with Gasteiger partial charge in [0, 0.05) is 17.7 Å². The van der Waals surface area contributed by atoms with Crippen molar-refractivity contribution in [3.05, 3.63) is 46.3 Å². The molecule has 9 heteroatoms. The van der Waals surface area contributed by atoms with Crippen molar-refractivity contribution in [2.75, 3.05) is 0 Å². The van der Waals surface area contributed by atoms with Gasteiger partial charge in [0.25, 0.3) is 0 Å². The Kier molecular flexibility index (Phi) is 3.09. The van der Waals surface area contributed by atoms with Gasteiger partial charge in [0.1, 0.15) is 18.2 Å². The van der Waals surface area contributed by atoms with E-state index >= 15 is 0 Å². The standard InChI is InChI=1S/C12H11FN6O2/c1-2-18-10-4-3-8(13)5-9(10)15-11(18)6-17-7-14-12(16-17)19(20)21/h3-5,7H,2,6H2,1H3. The number of hydrogen-bond acceptors (Lipinski definition) is 5. The quantitative estimate of drug-likeness (QED) is 0.539. The molecule has 0 fully saturated rings. The molecule has 0 N–H and O–H groups in total. The number of imidazole rings is 1. The average Bonchev–Trinajstić information content (AvgIpc) is 3.02. The number of nitrogens with zero attached hydrogens (tertiary/aromatic N) is 6. The van der Waals surface area contributed by atoms with Crippen LogP contribution in [0.25, 0.3) is 11.0 Å². The van der Waals surface area contributed by atoms with Gasteiger partial charge in [-0.15, -0.1) is 0 Å². The molecule has 2 heterocycles. The number of aromatic nitrogens is 5. The largest absolute Gasteiger partial charge is 0.490 e. The summed E-state index contributed by atoms with van der Waals surface area (Å²) in [6.45, 7) is 2.82. The number of aryl methyl sites for hydroxylation is 1. The lowest BCUT2D eigenvalue weighted by Crippen LogP contribution is -2.08. The summed E-state index contributed by atoms with van der Waals surface area (Å²) in [5.74, 6) is -0.177. The van der Waals surface area contributed by atoms with Crippen molar-refractivity contribution in [3.63, 3.8) is 0 Å². The summed E-state index contributed by atoms with van der Waals surface area (Å²) >= 11 is 0. The topological polar surface area (TPSA) is 91.7 Å². The number of fused-ring (bicyclic) bond motifs is 1. The predicted molar refractivity (Wildman–Crippen MR) is 71.1 cm³/mol. The Morgan fingerprint density at radius 3 is 2.90 bits per heavy atom. The summed E-state index contributed by atoms with van der Waals surface area (Å²) in [4.78, 5) is 17.9. The van der Waals surface area contributed by atoms with E-state index in [0.717, 1.165) is 5.52 Å². The summed E-state index contributed by atoms with van der Waals surface area (Å²) in [7, 11) is 0. The minimum absolute atomic E-state index is 0.227. The normalized spacial score (nSPS) is 11.1. The molecule has 0 saturated heterocycles. The van der Waals surface area contributed by atoms with Gasteiger partial charge in [-0.2, -0.15) is 4.68 Å². The van der Waals surface area contributed by atoms with Crippen LogP contribution in [0.15, 0.2) is 24.5 Å². The number of rotatable bonds is 4. The number of hydrogen-bond donors (Lipinski definition) is 0. The third kappa shape index (κ3) is 2.33. The van der Waals surface area contributed by atoms with E-state index in [2.05, 4.69) is 15.1 Å². The van der Waals surface area contributed by atoms with Crippen LogP contribution in [0.2, 0.25) is 0 Å². The van der Waals surface area contributed by atoms with Gasteiger partial charge in [-0.3, -0.25) is 0 Å². The highest BCUT2D eigenvalue weighted by molar-refractivity contribution is 5.76. The number of benzene rings is 1. The molecule has 3 rings (SSSR count). The molecule has 2 aromatic heterocycles. The highest BCUT2D eigenvalue weighted by atomic mass is 19.1. The third-order valence-electron chi connectivity index (χ3n) is 3.10. The second kappa shape index (κ2) is 4.93. The van der Waals surface area contributed by atoms with E-state index in [9.17, 15) is 14.5 Å². The summed E-state index contributed by atoms with van der Waals surface area (Å²) in [5, 5.41) is 14.3. The van der Waals surface area contributed by atoms with Gasteiger partial charge < -0.3 is 14.7 Å². The molecule has 0 bridgehead atoms. The zero-order valence-electron chi connectivity index (χ0n) is 11.1. The van der Waals surface area contributed by atoms with E-state index in [1.54, 1.807) is 6.07 Å². The lowest BCUT2D eigenvalue weighted by atomic mass is 10.3.